The molecule has 0 atom stereocenters. The number of hydrogen-bond donors (Lipinski definition) is 2. The molecule has 2 N–H and O–H groups in total. The average Bonchev–Trinajstić information content (AvgIpc) is 2.84. The summed E-state index contributed by atoms with van der Waals surface area (Å²) >= 11 is 0. The molecular formula is C27H42F3N3O3. The van der Waals surface area contributed by atoms with Gasteiger partial charge in [-0.2, -0.15) is 13.2 Å². The van der Waals surface area contributed by atoms with Gasteiger partial charge in [0.2, 0.25) is 5.91 Å². The third-order valence-electron chi connectivity index (χ3n) is 6.02. The van der Waals surface area contributed by atoms with Gasteiger partial charge in [-0.1, -0.05) is 90.4 Å². The van der Waals surface area contributed by atoms with Crippen LogP contribution in [0.4, 0.5) is 18.9 Å². The Balaban J connectivity index is 2.40. The highest BCUT2D eigenvalue weighted by Crippen LogP contribution is 2.25. The SMILES string of the molecule is CCCCCCCCCCCCCCCCN(C(=O)C(F)(F)F)c1ccc(C(=O)NNC(C)=O)cc1. The second-order valence-corrected chi connectivity index (χ2v) is 9.23. The van der Waals surface area contributed by atoms with E-state index in [1.54, 1.807) is 0 Å². The number of alkyl halides is 3. The summed E-state index contributed by atoms with van der Waals surface area (Å²) in [6, 6.07) is 5.23. The summed E-state index contributed by atoms with van der Waals surface area (Å²) in [4.78, 5) is 35.6. The zero-order valence-corrected chi connectivity index (χ0v) is 21.7. The van der Waals surface area contributed by atoms with E-state index in [4.69, 9.17) is 0 Å². The van der Waals surface area contributed by atoms with Crippen LogP contribution < -0.4 is 15.8 Å². The van der Waals surface area contributed by atoms with Crippen LogP contribution in [0, 0.1) is 0 Å². The second-order valence-electron chi connectivity index (χ2n) is 9.23. The molecule has 1 aromatic rings. The molecule has 0 bridgehead atoms. The standard InChI is InChI=1S/C27H42F3N3O3/c1-3-4-5-6-7-8-9-10-11-12-13-14-15-16-21-33(26(36)27(28,29)30)24-19-17-23(18-20-24)25(35)32-31-22(2)34/h17-20H,3-16,21H2,1-2H3,(H,31,34)(H,32,35). The first-order chi connectivity index (χ1) is 17.2. The molecule has 1 rings (SSSR count). The van der Waals surface area contributed by atoms with E-state index in [0.29, 0.717) is 6.42 Å². The van der Waals surface area contributed by atoms with Gasteiger partial charge in [0.05, 0.1) is 0 Å². The van der Waals surface area contributed by atoms with Gasteiger partial charge in [-0.15, -0.1) is 0 Å². The van der Waals surface area contributed by atoms with Crippen LogP contribution in [0.15, 0.2) is 24.3 Å². The molecule has 6 nitrogen and oxygen atoms in total. The van der Waals surface area contributed by atoms with Crippen molar-refractivity contribution in [2.24, 2.45) is 0 Å². The van der Waals surface area contributed by atoms with E-state index in [9.17, 15) is 27.6 Å². The molecule has 0 aliphatic rings. The summed E-state index contributed by atoms with van der Waals surface area (Å²) < 4.78 is 39.5. The van der Waals surface area contributed by atoms with E-state index < -0.39 is 23.9 Å². The molecule has 0 aliphatic heterocycles. The number of carbonyl (C=O) groups excluding carboxylic acids is 3. The average molecular weight is 514 g/mol. The maximum absolute atomic E-state index is 13.2. The molecule has 0 fully saturated rings. The number of hydrazine groups is 1. The molecule has 1 aromatic carbocycles. The first kappa shape index (κ1) is 31.4. The predicted octanol–water partition coefficient (Wildman–Crippen LogP) is 6.84. The Labute approximate surface area is 213 Å². The van der Waals surface area contributed by atoms with Crippen molar-refractivity contribution in [3.8, 4) is 0 Å². The molecule has 0 saturated heterocycles. The summed E-state index contributed by atoms with van der Waals surface area (Å²) in [5.74, 6) is -3.00. The van der Waals surface area contributed by atoms with Crippen molar-refractivity contribution in [3.05, 3.63) is 29.8 Å². The number of anilines is 1. The van der Waals surface area contributed by atoms with Gasteiger partial charge in [-0.05, 0) is 30.7 Å². The Hall–Kier alpha value is -2.58. The van der Waals surface area contributed by atoms with Crippen LogP contribution in [0.3, 0.4) is 0 Å². The fourth-order valence-electron chi connectivity index (χ4n) is 3.98. The highest BCUT2D eigenvalue weighted by molar-refractivity contribution is 5.99. The molecule has 204 valence electrons. The van der Waals surface area contributed by atoms with Crippen molar-refractivity contribution >= 4 is 23.4 Å². The van der Waals surface area contributed by atoms with E-state index >= 15 is 0 Å². The first-order valence-corrected chi connectivity index (χ1v) is 13.2. The molecule has 0 aromatic heterocycles. The van der Waals surface area contributed by atoms with Crippen LogP contribution in [0.1, 0.15) is 114 Å². The summed E-state index contributed by atoms with van der Waals surface area (Å²) in [6.07, 6.45) is 10.9. The van der Waals surface area contributed by atoms with Gasteiger partial charge in [0.15, 0.2) is 0 Å². The minimum Gasteiger partial charge on any atom is -0.305 e. The topological polar surface area (TPSA) is 78.5 Å². The van der Waals surface area contributed by atoms with Crippen LogP contribution in [0.2, 0.25) is 0 Å². The molecule has 36 heavy (non-hydrogen) atoms. The lowest BCUT2D eigenvalue weighted by Crippen LogP contribution is -2.42. The maximum atomic E-state index is 13.2. The highest BCUT2D eigenvalue weighted by atomic mass is 19.4. The smallest absolute Gasteiger partial charge is 0.305 e. The van der Waals surface area contributed by atoms with E-state index in [0.717, 1.165) is 30.6 Å². The van der Waals surface area contributed by atoms with Gasteiger partial charge >= 0.3 is 12.1 Å². The van der Waals surface area contributed by atoms with E-state index in [1.165, 1.54) is 89.0 Å². The minimum absolute atomic E-state index is 0.0478. The molecule has 0 radical (unpaired) electrons. The summed E-state index contributed by atoms with van der Waals surface area (Å²) in [5, 5.41) is 0. The molecule has 0 unspecified atom stereocenters. The lowest BCUT2D eigenvalue weighted by Gasteiger charge is -2.24. The van der Waals surface area contributed by atoms with Crippen molar-refractivity contribution < 1.29 is 27.6 Å². The van der Waals surface area contributed by atoms with Gasteiger partial charge in [-0.25, -0.2) is 0 Å². The molecule has 0 spiro atoms. The number of nitrogens with one attached hydrogen (secondary N) is 2. The number of hydrogen-bond acceptors (Lipinski definition) is 3. The number of nitrogens with zero attached hydrogens (tertiary/aromatic N) is 1. The van der Waals surface area contributed by atoms with Gasteiger partial charge in [0.1, 0.15) is 0 Å². The predicted molar refractivity (Wildman–Crippen MR) is 136 cm³/mol. The van der Waals surface area contributed by atoms with Gasteiger partial charge in [0, 0.05) is 24.7 Å². The quantitative estimate of drug-likeness (QED) is 0.177. The number of benzene rings is 1. The zero-order chi connectivity index (χ0) is 26.8. The van der Waals surface area contributed by atoms with Crippen LogP contribution in [0.25, 0.3) is 0 Å². The van der Waals surface area contributed by atoms with Crippen molar-refractivity contribution in [2.75, 3.05) is 11.4 Å². The summed E-state index contributed by atoms with van der Waals surface area (Å²) in [6.45, 7) is 3.40. The minimum atomic E-state index is -4.99. The molecule has 3 amide bonds. The van der Waals surface area contributed by atoms with Crippen LogP contribution in [0.5, 0.6) is 0 Å². The second kappa shape index (κ2) is 17.8. The number of amides is 3. The Morgan fingerprint density at radius 2 is 1.17 bits per heavy atom. The maximum Gasteiger partial charge on any atom is 0.471 e. The fourth-order valence-corrected chi connectivity index (χ4v) is 3.98. The summed E-state index contributed by atoms with van der Waals surface area (Å²) in [5.41, 5.74) is 4.53. The number of rotatable bonds is 17. The van der Waals surface area contributed by atoms with Gasteiger partial charge in [0.25, 0.3) is 5.91 Å². The van der Waals surface area contributed by atoms with E-state index in [2.05, 4.69) is 17.8 Å². The largest absolute Gasteiger partial charge is 0.471 e. The van der Waals surface area contributed by atoms with Crippen molar-refractivity contribution in [1.29, 1.82) is 0 Å². The van der Waals surface area contributed by atoms with Crippen molar-refractivity contribution in [3.63, 3.8) is 0 Å². The number of unbranched alkanes of at least 4 members (excludes halogenated alkanes) is 13. The van der Waals surface area contributed by atoms with Crippen molar-refractivity contribution in [2.45, 2.75) is 110 Å². The molecule has 0 aliphatic carbocycles. The van der Waals surface area contributed by atoms with Crippen LogP contribution in [-0.2, 0) is 9.59 Å². The molecule has 0 heterocycles. The molecule has 9 heteroatoms. The lowest BCUT2D eigenvalue weighted by atomic mass is 10.0. The van der Waals surface area contributed by atoms with Gasteiger partial charge < -0.3 is 4.90 Å². The highest BCUT2D eigenvalue weighted by Gasteiger charge is 2.42. The Morgan fingerprint density at radius 1 is 0.722 bits per heavy atom. The number of carbonyl (C=O) groups is 3. The monoisotopic (exact) mass is 513 g/mol. The van der Waals surface area contributed by atoms with Crippen LogP contribution in [-0.4, -0.2) is 30.4 Å². The van der Waals surface area contributed by atoms with Crippen LogP contribution >= 0.6 is 0 Å². The fraction of sp³-hybridized carbons (Fsp3) is 0.667. The summed E-state index contributed by atoms with van der Waals surface area (Å²) in [7, 11) is 0. The first-order valence-electron chi connectivity index (χ1n) is 13.2. The third-order valence-corrected chi connectivity index (χ3v) is 6.02. The van der Waals surface area contributed by atoms with Gasteiger partial charge in [-0.3, -0.25) is 25.2 Å². The lowest BCUT2D eigenvalue weighted by molar-refractivity contribution is -0.170. The third kappa shape index (κ3) is 13.5. The zero-order valence-electron chi connectivity index (χ0n) is 21.7. The van der Waals surface area contributed by atoms with E-state index in [-0.39, 0.29) is 17.8 Å². The van der Waals surface area contributed by atoms with E-state index in [1.807, 2.05) is 0 Å². The molecule has 0 saturated carbocycles. The Kier molecular flexibility index (Phi) is 15.5. The number of halogens is 3. The normalized spacial score (nSPS) is 11.2. The van der Waals surface area contributed by atoms with Crippen molar-refractivity contribution in [1.82, 2.24) is 10.9 Å². The molecular weight excluding hydrogens is 471 g/mol. The Bertz CT molecular complexity index is 783. The Morgan fingerprint density at radius 3 is 1.58 bits per heavy atom.